The van der Waals surface area contributed by atoms with Gasteiger partial charge in [-0.25, -0.2) is 9.59 Å². The predicted molar refractivity (Wildman–Crippen MR) is 72.1 cm³/mol. The number of carbonyl (C=O) groups is 1. The van der Waals surface area contributed by atoms with E-state index in [4.69, 9.17) is 14.9 Å². The van der Waals surface area contributed by atoms with Crippen molar-refractivity contribution in [1.82, 2.24) is 0 Å². The molecule has 0 unspecified atom stereocenters. The van der Waals surface area contributed by atoms with Gasteiger partial charge in [0.2, 0.25) is 0 Å². The van der Waals surface area contributed by atoms with Gasteiger partial charge in [-0.15, -0.1) is 0 Å². The molecule has 0 saturated heterocycles. The minimum atomic E-state index is -0.729. The van der Waals surface area contributed by atoms with Gasteiger partial charge in [0.05, 0.1) is 0 Å². The lowest BCUT2D eigenvalue weighted by molar-refractivity contribution is 0.00654. The fourth-order valence-corrected chi connectivity index (χ4v) is 1.60. The lowest BCUT2D eigenvalue weighted by atomic mass is 10.1. The molecule has 0 bridgehead atoms. The number of rotatable bonds is 1. The van der Waals surface area contributed by atoms with Crippen molar-refractivity contribution >= 4 is 22.6 Å². The number of fused-ring (bicyclic) bond motifs is 1. The number of nitrogen functional groups attached to an aromatic ring is 1. The number of nitrogens with two attached hydrogens (primary N) is 1. The predicted octanol–water partition coefficient (Wildman–Crippen LogP) is 2.33. The molecule has 1 heterocycles. The summed E-state index contributed by atoms with van der Waals surface area (Å²) in [5, 5.41) is 0.620. The highest BCUT2D eigenvalue weighted by Gasteiger charge is 2.21. The van der Waals surface area contributed by atoms with Crippen LogP contribution in [0.3, 0.4) is 0 Å². The summed E-state index contributed by atoms with van der Waals surface area (Å²) in [5.41, 5.74) is 4.92. The molecule has 1 aromatic heterocycles. The van der Waals surface area contributed by atoms with Crippen LogP contribution in [0.1, 0.15) is 31.1 Å². The number of hydrogen-bond acceptors (Lipinski definition) is 5. The van der Waals surface area contributed by atoms with Crippen molar-refractivity contribution in [1.29, 1.82) is 0 Å². The fourth-order valence-electron chi connectivity index (χ4n) is 1.60. The standard InChI is InChI=1S/C14H15NO4/c1-14(2,3)19-13(17)10-6-8-4-5-9(15)7-11(8)18-12(10)16/h4-7H,15H2,1-3H3. The molecular formula is C14H15NO4. The molecule has 0 aliphatic heterocycles. The van der Waals surface area contributed by atoms with Gasteiger partial charge in [-0.1, -0.05) is 0 Å². The first-order valence-electron chi connectivity index (χ1n) is 5.83. The van der Waals surface area contributed by atoms with E-state index in [2.05, 4.69) is 0 Å². The molecule has 1 aromatic carbocycles. The van der Waals surface area contributed by atoms with E-state index in [1.807, 2.05) is 0 Å². The molecule has 2 rings (SSSR count). The van der Waals surface area contributed by atoms with Crippen molar-refractivity contribution in [2.24, 2.45) is 0 Å². The van der Waals surface area contributed by atoms with Crippen LogP contribution in [0.15, 0.2) is 33.5 Å². The summed E-state index contributed by atoms with van der Waals surface area (Å²) in [7, 11) is 0. The van der Waals surface area contributed by atoms with Gasteiger partial charge in [-0.2, -0.15) is 0 Å². The number of anilines is 1. The summed E-state index contributed by atoms with van der Waals surface area (Å²) in [6.07, 6.45) is 0. The van der Waals surface area contributed by atoms with E-state index in [1.54, 1.807) is 32.9 Å². The van der Waals surface area contributed by atoms with Gasteiger partial charge in [0.15, 0.2) is 0 Å². The summed E-state index contributed by atoms with van der Waals surface area (Å²) in [6, 6.07) is 6.34. The Morgan fingerprint density at radius 1 is 1.26 bits per heavy atom. The molecule has 19 heavy (non-hydrogen) atoms. The molecule has 0 aliphatic rings. The van der Waals surface area contributed by atoms with E-state index in [1.165, 1.54) is 12.1 Å². The lowest BCUT2D eigenvalue weighted by Gasteiger charge is -2.19. The van der Waals surface area contributed by atoms with Crippen molar-refractivity contribution in [3.63, 3.8) is 0 Å². The summed E-state index contributed by atoms with van der Waals surface area (Å²) in [5.74, 6) is -0.694. The molecule has 2 aromatic rings. The van der Waals surface area contributed by atoms with Crippen molar-refractivity contribution < 1.29 is 13.9 Å². The van der Waals surface area contributed by atoms with Gasteiger partial charge in [0.1, 0.15) is 16.7 Å². The third-order valence-corrected chi connectivity index (χ3v) is 2.38. The molecule has 2 N–H and O–H groups in total. The van der Waals surface area contributed by atoms with E-state index in [9.17, 15) is 9.59 Å². The molecule has 0 saturated carbocycles. The molecule has 0 fully saturated rings. The van der Waals surface area contributed by atoms with Gasteiger partial charge in [-0.3, -0.25) is 0 Å². The zero-order valence-electron chi connectivity index (χ0n) is 11.0. The second-order valence-corrected chi connectivity index (χ2v) is 5.25. The van der Waals surface area contributed by atoms with Crippen LogP contribution in [0.2, 0.25) is 0 Å². The number of esters is 1. The normalized spacial score (nSPS) is 11.5. The Hall–Kier alpha value is -2.30. The number of carbonyl (C=O) groups excluding carboxylic acids is 1. The molecule has 0 aliphatic carbocycles. The molecule has 100 valence electrons. The SMILES string of the molecule is CC(C)(C)OC(=O)c1cc2ccc(N)cc2oc1=O. The van der Waals surface area contributed by atoms with Crippen LogP contribution < -0.4 is 11.4 Å². The topological polar surface area (TPSA) is 82.5 Å². The van der Waals surface area contributed by atoms with Crippen molar-refractivity contribution in [2.75, 3.05) is 5.73 Å². The van der Waals surface area contributed by atoms with Gasteiger partial charge >= 0.3 is 11.6 Å². The zero-order chi connectivity index (χ0) is 14.2. The molecule has 5 nitrogen and oxygen atoms in total. The van der Waals surface area contributed by atoms with Gasteiger partial charge in [0.25, 0.3) is 0 Å². The Labute approximate surface area is 110 Å². The second kappa shape index (κ2) is 4.42. The third kappa shape index (κ3) is 2.93. The Morgan fingerprint density at radius 2 is 1.95 bits per heavy atom. The number of benzene rings is 1. The highest BCUT2D eigenvalue weighted by molar-refractivity contribution is 5.93. The highest BCUT2D eigenvalue weighted by Crippen LogP contribution is 2.18. The zero-order valence-corrected chi connectivity index (χ0v) is 11.0. The molecule has 0 radical (unpaired) electrons. The maximum absolute atomic E-state index is 11.9. The minimum Gasteiger partial charge on any atom is -0.456 e. The monoisotopic (exact) mass is 261 g/mol. The molecule has 0 atom stereocenters. The van der Waals surface area contributed by atoms with E-state index >= 15 is 0 Å². The largest absolute Gasteiger partial charge is 0.456 e. The van der Waals surface area contributed by atoms with Gasteiger partial charge in [-0.05, 0) is 39.0 Å². The van der Waals surface area contributed by atoms with E-state index < -0.39 is 17.2 Å². The van der Waals surface area contributed by atoms with E-state index in [0.29, 0.717) is 16.7 Å². The summed E-state index contributed by atoms with van der Waals surface area (Å²) >= 11 is 0. The van der Waals surface area contributed by atoms with Crippen LogP contribution in [0.25, 0.3) is 11.0 Å². The fraction of sp³-hybridized carbons (Fsp3) is 0.286. The van der Waals surface area contributed by atoms with E-state index in [0.717, 1.165) is 0 Å². The van der Waals surface area contributed by atoms with Crippen LogP contribution >= 0.6 is 0 Å². The first kappa shape index (κ1) is 13.1. The summed E-state index contributed by atoms with van der Waals surface area (Å²) in [6.45, 7) is 5.19. The Kier molecular flexibility index (Phi) is 3.06. The lowest BCUT2D eigenvalue weighted by Crippen LogP contribution is -2.27. The average molecular weight is 261 g/mol. The van der Waals surface area contributed by atoms with Crippen LogP contribution in [-0.4, -0.2) is 11.6 Å². The molecule has 5 heteroatoms. The minimum absolute atomic E-state index is 0.118. The third-order valence-electron chi connectivity index (χ3n) is 2.38. The number of ether oxygens (including phenoxy) is 1. The first-order valence-corrected chi connectivity index (χ1v) is 5.83. The Morgan fingerprint density at radius 3 is 2.58 bits per heavy atom. The Bertz CT molecular complexity index is 695. The van der Waals surface area contributed by atoms with Crippen LogP contribution in [-0.2, 0) is 4.74 Å². The van der Waals surface area contributed by atoms with Crippen LogP contribution in [0.4, 0.5) is 5.69 Å². The van der Waals surface area contributed by atoms with E-state index in [-0.39, 0.29) is 5.56 Å². The maximum Gasteiger partial charge on any atom is 0.351 e. The van der Waals surface area contributed by atoms with Gasteiger partial charge < -0.3 is 14.9 Å². The second-order valence-electron chi connectivity index (χ2n) is 5.25. The summed E-state index contributed by atoms with van der Waals surface area (Å²) < 4.78 is 10.2. The molecule has 0 spiro atoms. The van der Waals surface area contributed by atoms with Crippen molar-refractivity contribution in [3.8, 4) is 0 Å². The van der Waals surface area contributed by atoms with Crippen LogP contribution in [0.5, 0.6) is 0 Å². The smallest absolute Gasteiger partial charge is 0.351 e. The molecule has 0 amide bonds. The Balaban J connectivity index is 2.50. The highest BCUT2D eigenvalue weighted by atomic mass is 16.6. The quantitative estimate of drug-likeness (QED) is 0.484. The molecular weight excluding hydrogens is 246 g/mol. The maximum atomic E-state index is 11.9. The van der Waals surface area contributed by atoms with Crippen LogP contribution in [0, 0.1) is 0 Å². The van der Waals surface area contributed by atoms with Crippen molar-refractivity contribution in [2.45, 2.75) is 26.4 Å². The average Bonchev–Trinajstić information content (AvgIpc) is 2.25. The van der Waals surface area contributed by atoms with Crippen molar-refractivity contribution in [3.05, 3.63) is 40.2 Å². The number of hydrogen-bond donors (Lipinski definition) is 1. The summed E-state index contributed by atoms with van der Waals surface area (Å²) in [4.78, 5) is 23.6. The first-order chi connectivity index (χ1) is 8.76. The van der Waals surface area contributed by atoms with Gasteiger partial charge in [0, 0.05) is 17.1 Å².